The SMILES string of the molecule is FC(F)(F)c1c(Br)nn2c1COc1ncc(Br)cc1C2. The molecule has 3 heterocycles. The normalized spacial score (nSPS) is 14.2. The second-order valence-electron chi connectivity index (χ2n) is 4.17. The first-order chi connectivity index (χ1) is 9.36. The van der Waals surface area contributed by atoms with Crippen LogP contribution in [0, 0.1) is 0 Å². The van der Waals surface area contributed by atoms with Gasteiger partial charge < -0.3 is 4.74 Å². The van der Waals surface area contributed by atoms with Crippen molar-refractivity contribution in [3.05, 3.63) is 38.2 Å². The van der Waals surface area contributed by atoms with Crippen LogP contribution in [0.4, 0.5) is 13.2 Å². The highest BCUT2D eigenvalue weighted by Gasteiger charge is 2.40. The molecule has 0 amide bonds. The van der Waals surface area contributed by atoms with E-state index in [1.54, 1.807) is 6.07 Å². The molecule has 0 aromatic carbocycles. The molecule has 4 nitrogen and oxygen atoms in total. The largest absolute Gasteiger partial charge is 0.471 e. The van der Waals surface area contributed by atoms with Crippen molar-refractivity contribution in [3.8, 4) is 5.88 Å². The molecule has 106 valence electrons. The number of hydrogen-bond acceptors (Lipinski definition) is 3. The van der Waals surface area contributed by atoms with Gasteiger partial charge in [0.2, 0.25) is 5.88 Å². The zero-order chi connectivity index (χ0) is 14.5. The Morgan fingerprint density at radius 1 is 1.30 bits per heavy atom. The molecule has 0 N–H and O–H groups in total. The van der Waals surface area contributed by atoms with Crippen LogP contribution in [-0.4, -0.2) is 14.8 Å². The standard InChI is InChI=1S/C11H6Br2F3N3O/c12-6-1-5-3-19-7(4-20-10(5)17-2-6)8(9(13)18-19)11(14,15)16/h1-2H,3-4H2. The monoisotopic (exact) mass is 411 g/mol. The van der Waals surface area contributed by atoms with E-state index in [1.807, 2.05) is 0 Å². The van der Waals surface area contributed by atoms with Crippen LogP contribution in [0.5, 0.6) is 5.88 Å². The summed E-state index contributed by atoms with van der Waals surface area (Å²) in [6.07, 6.45) is -2.95. The van der Waals surface area contributed by atoms with Gasteiger partial charge in [-0.05, 0) is 37.9 Å². The van der Waals surface area contributed by atoms with Gasteiger partial charge in [-0.2, -0.15) is 18.3 Å². The summed E-state index contributed by atoms with van der Waals surface area (Å²) in [6.45, 7) is -0.0547. The topological polar surface area (TPSA) is 39.9 Å². The van der Waals surface area contributed by atoms with E-state index in [0.29, 0.717) is 11.4 Å². The average Bonchev–Trinajstić information content (AvgIpc) is 2.54. The van der Waals surface area contributed by atoms with Gasteiger partial charge in [-0.3, -0.25) is 4.68 Å². The maximum atomic E-state index is 13.0. The number of alkyl halides is 3. The zero-order valence-electron chi connectivity index (χ0n) is 9.71. The smallest absolute Gasteiger partial charge is 0.420 e. The lowest BCUT2D eigenvalue weighted by atomic mass is 10.2. The summed E-state index contributed by atoms with van der Waals surface area (Å²) in [5.74, 6) is 0.322. The Balaban J connectivity index is 2.11. The lowest BCUT2D eigenvalue weighted by molar-refractivity contribution is -0.139. The number of ether oxygens (including phenoxy) is 1. The van der Waals surface area contributed by atoms with Crippen molar-refractivity contribution in [2.45, 2.75) is 19.3 Å². The van der Waals surface area contributed by atoms with Gasteiger partial charge in [0.1, 0.15) is 16.8 Å². The number of rotatable bonds is 0. The minimum Gasteiger partial charge on any atom is -0.471 e. The second kappa shape index (κ2) is 4.73. The van der Waals surface area contributed by atoms with Gasteiger partial charge in [-0.25, -0.2) is 4.98 Å². The van der Waals surface area contributed by atoms with Crippen molar-refractivity contribution in [1.82, 2.24) is 14.8 Å². The molecule has 0 aliphatic carbocycles. The fraction of sp³-hybridized carbons (Fsp3) is 0.273. The summed E-state index contributed by atoms with van der Waals surface area (Å²) in [5, 5.41) is 3.90. The molecule has 0 spiro atoms. The lowest BCUT2D eigenvalue weighted by Crippen LogP contribution is -2.12. The van der Waals surface area contributed by atoms with Gasteiger partial charge in [0.25, 0.3) is 0 Å². The fourth-order valence-electron chi connectivity index (χ4n) is 2.03. The number of halogens is 5. The van der Waals surface area contributed by atoms with Gasteiger partial charge in [0, 0.05) is 16.2 Å². The van der Waals surface area contributed by atoms with Crippen molar-refractivity contribution >= 4 is 31.9 Å². The van der Waals surface area contributed by atoms with Crippen molar-refractivity contribution < 1.29 is 17.9 Å². The molecule has 0 fully saturated rings. The Morgan fingerprint density at radius 3 is 2.75 bits per heavy atom. The van der Waals surface area contributed by atoms with Crippen LogP contribution < -0.4 is 4.74 Å². The predicted molar refractivity (Wildman–Crippen MR) is 70.3 cm³/mol. The molecule has 0 atom stereocenters. The predicted octanol–water partition coefficient (Wildman–Crippen LogP) is 3.76. The third kappa shape index (κ3) is 2.32. The molecule has 9 heteroatoms. The van der Waals surface area contributed by atoms with Crippen molar-refractivity contribution in [2.24, 2.45) is 0 Å². The molecule has 2 aromatic rings. The molecule has 0 saturated carbocycles. The number of fused-ring (bicyclic) bond motifs is 2. The van der Waals surface area contributed by atoms with E-state index in [9.17, 15) is 13.2 Å². The Hall–Kier alpha value is -1.09. The minimum atomic E-state index is -4.49. The quantitative estimate of drug-likeness (QED) is 0.661. The Kier molecular flexibility index (Phi) is 3.28. The van der Waals surface area contributed by atoms with Gasteiger partial charge >= 0.3 is 6.18 Å². The van der Waals surface area contributed by atoms with E-state index in [0.717, 1.165) is 4.47 Å². The number of hydrogen-bond donors (Lipinski definition) is 0. The van der Waals surface area contributed by atoms with Crippen LogP contribution in [0.2, 0.25) is 0 Å². The summed E-state index contributed by atoms with van der Waals surface area (Å²) >= 11 is 6.13. The van der Waals surface area contributed by atoms with E-state index in [-0.39, 0.29) is 23.4 Å². The van der Waals surface area contributed by atoms with E-state index in [4.69, 9.17) is 4.74 Å². The molecule has 0 unspecified atom stereocenters. The molecule has 2 aromatic heterocycles. The lowest BCUT2D eigenvalue weighted by Gasteiger charge is -2.08. The van der Waals surface area contributed by atoms with Gasteiger partial charge in [-0.15, -0.1) is 0 Å². The Labute approximate surface area is 128 Å². The molecular formula is C11H6Br2F3N3O. The van der Waals surface area contributed by atoms with E-state index < -0.39 is 11.7 Å². The van der Waals surface area contributed by atoms with Crippen molar-refractivity contribution in [3.63, 3.8) is 0 Å². The number of aromatic nitrogens is 3. The van der Waals surface area contributed by atoms with Gasteiger partial charge in [0.05, 0.1) is 12.2 Å². The summed E-state index contributed by atoms with van der Waals surface area (Å²) in [7, 11) is 0. The first kappa shape index (κ1) is 13.9. The van der Waals surface area contributed by atoms with Crippen molar-refractivity contribution in [2.75, 3.05) is 0 Å². The highest BCUT2D eigenvalue weighted by atomic mass is 79.9. The third-order valence-corrected chi connectivity index (χ3v) is 3.84. The van der Waals surface area contributed by atoms with E-state index >= 15 is 0 Å². The molecule has 1 aliphatic rings. The molecule has 20 heavy (non-hydrogen) atoms. The zero-order valence-corrected chi connectivity index (χ0v) is 12.9. The Bertz CT molecular complexity index is 684. The first-order valence-corrected chi connectivity index (χ1v) is 7.04. The summed E-state index contributed by atoms with van der Waals surface area (Å²) < 4.78 is 46.3. The van der Waals surface area contributed by atoms with Gasteiger partial charge in [-0.1, -0.05) is 0 Å². The fourth-order valence-corrected chi connectivity index (χ4v) is 3.06. The van der Waals surface area contributed by atoms with Gasteiger partial charge in [0.15, 0.2) is 0 Å². The summed E-state index contributed by atoms with van der Waals surface area (Å²) in [5.41, 5.74) is -0.148. The van der Waals surface area contributed by atoms with Crippen molar-refractivity contribution in [1.29, 1.82) is 0 Å². The maximum Gasteiger partial charge on any atom is 0.420 e. The van der Waals surface area contributed by atoms with Crippen LogP contribution in [-0.2, 0) is 19.3 Å². The van der Waals surface area contributed by atoms with Crippen LogP contribution in [0.25, 0.3) is 0 Å². The van der Waals surface area contributed by atoms with E-state index in [1.165, 1.54) is 10.9 Å². The summed E-state index contributed by atoms with van der Waals surface area (Å²) in [6, 6.07) is 1.75. The average molecular weight is 413 g/mol. The second-order valence-corrected chi connectivity index (χ2v) is 5.84. The van der Waals surface area contributed by atoms with Crippen LogP contribution in [0.1, 0.15) is 16.8 Å². The minimum absolute atomic E-state index is 0.0153. The molecule has 1 aliphatic heterocycles. The molecule has 0 saturated heterocycles. The maximum absolute atomic E-state index is 13.0. The third-order valence-electron chi connectivity index (χ3n) is 2.86. The first-order valence-electron chi connectivity index (χ1n) is 5.46. The molecular weight excluding hydrogens is 407 g/mol. The highest BCUT2D eigenvalue weighted by Crippen LogP contribution is 2.39. The summed E-state index contributed by atoms with van der Waals surface area (Å²) in [4.78, 5) is 4.05. The molecule has 3 rings (SSSR count). The van der Waals surface area contributed by atoms with E-state index in [2.05, 4.69) is 41.9 Å². The number of nitrogens with zero attached hydrogens (tertiary/aromatic N) is 3. The van der Waals surface area contributed by atoms with Crippen LogP contribution in [0.3, 0.4) is 0 Å². The molecule has 0 bridgehead atoms. The Morgan fingerprint density at radius 2 is 2.05 bits per heavy atom. The molecule has 0 radical (unpaired) electrons. The van der Waals surface area contributed by atoms with Crippen LogP contribution in [0.15, 0.2) is 21.3 Å². The van der Waals surface area contributed by atoms with Crippen LogP contribution >= 0.6 is 31.9 Å². The highest BCUT2D eigenvalue weighted by molar-refractivity contribution is 9.10. The number of pyridine rings is 1.